The van der Waals surface area contributed by atoms with E-state index in [0.29, 0.717) is 24.7 Å². The maximum Gasteiger partial charge on any atom is 0.490 e. The molecular formula is C17H31N6O13P3S. The first-order chi connectivity index (χ1) is 18.7. The number of rotatable bonds is 16. The molecule has 40 heavy (non-hydrogen) atoms. The molecule has 2 aromatic rings. The molecule has 3 heterocycles. The van der Waals surface area contributed by atoms with Crippen LogP contribution in [0.25, 0.3) is 11.2 Å². The summed E-state index contributed by atoms with van der Waals surface area (Å²) in [4.78, 5) is 38.3. The number of anilines is 1. The predicted molar refractivity (Wildman–Crippen MR) is 139 cm³/mol. The summed E-state index contributed by atoms with van der Waals surface area (Å²) in [5.41, 5.74) is 6.09. The summed E-state index contributed by atoms with van der Waals surface area (Å²) in [7, 11) is -15.4. The number of unbranched alkanes of at least 4 members (excludes halogenated alkanes) is 3. The summed E-state index contributed by atoms with van der Waals surface area (Å²) in [6, 6.07) is 0. The number of hydrogen-bond donors (Lipinski definition) is 8. The van der Waals surface area contributed by atoms with Crippen LogP contribution in [-0.4, -0.2) is 89.5 Å². The fourth-order valence-electron chi connectivity index (χ4n) is 3.69. The van der Waals surface area contributed by atoms with Crippen LogP contribution in [0.15, 0.2) is 6.33 Å². The van der Waals surface area contributed by atoms with Crippen molar-refractivity contribution in [2.24, 2.45) is 5.73 Å². The molecule has 1 fully saturated rings. The number of hydrogen-bond acceptors (Lipinski definition) is 15. The molecular weight excluding hydrogens is 621 g/mol. The highest BCUT2D eigenvalue weighted by molar-refractivity contribution is 7.71. The van der Waals surface area contributed by atoms with E-state index >= 15 is 0 Å². The lowest BCUT2D eigenvalue weighted by Gasteiger charge is -2.21. The summed E-state index contributed by atoms with van der Waals surface area (Å²) >= 11 is 5.32. The number of nitrogens with two attached hydrogens (primary N) is 1. The molecule has 1 aliphatic rings. The number of nitrogens with zero attached hydrogens (tertiary/aromatic N) is 3. The number of fused-ring (bicyclic) bond motifs is 1. The van der Waals surface area contributed by atoms with E-state index in [-0.39, 0.29) is 10.2 Å². The average molecular weight is 652 g/mol. The molecule has 23 heteroatoms. The van der Waals surface area contributed by atoms with Gasteiger partial charge >= 0.3 is 23.5 Å². The van der Waals surface area contributed by atoms with Gasteiger partial charge in [0, 0.05) is 13.7 Å². The van der Waals surface area contributed by atoms with E-state index in [4.69, 9.17) is 37.0 Å². The fraction of sp³-hybridized carbons (Fsp3) is 0.706. The van der Waals surface area contributed by atoms with E-state index in [1.54, 1.807) is 0 Å². The molecule has 1 aliphatic heterocycles. The van der Waals surface area contributed by atoms with Crippen LogP contribution >= 0.6 is 35.7 Å². The van der Waals surface area contributed by atoms with Crippen molar-refractivity contribution in [1.82, 2.24) is 19.5 Å². The molecule has 6 atom stereocenters. The van der Waals surface area contributed by atoms with Crippen LogP contribution in [-0.2, 0) is 36.1 Å². The van der Waals surface area contributed by atoms with Gasteiger partial charge in [0.1, 0.15) is 29.5 Å². The molecule has 2 aromatic heterocycles. The van der Waals surface area contributed by atoms with Crippen molar-refractivity contribution in [1.29, 1.82) is 0 Å². The topological polar surface area (TPSA) is 283 Å². The number of aliphatic hydroxyl groups is 2. The van der Waals surface area contributed by atoms with Crippen molar-refractivity contribution in [2.45, 2.75) is 50.2 Å². The molecule has 19 nitrogen and oxygen atoms in total. The zero-order chi connectivity index (χ0) is 29.7. The molecule has 0 spiro atoms. The quantitative estimate of drug-likeness (QED) is 0.0714. The van der Waals surface area contributed by atoms with Crippen molar-refractivity contribution in [3.63, 3.8) is 0 Å². The van der Waals surface area contributed by atoms with Gasteiger partial charge in [0.15, 0.2) is 10.9 Å². The third-order valence-corrected chi connectivity index (χ3v) is 10.0. The van der Waals surface area contributed by atoms with Gasteiger partial charge in [-0.25, -0.2) is 23.7 Å². The summed E-state index contributed by atoms with van der Waals surface area (Å²) in [5, 5.41) is 24.3. The average Bonchev–Trinajstić information content (AvgIpc) is 3.39. The lowest BCUT2D eigenvalue weighted by Crippen LogP contribution is -2.33. The molecule has 0 radical (unpaired) electrons. The van der Waals surface area contributed by atoms with Crippen LogP contribution in [0.1, 0.15) is 31.9 Å². The van der Waals surface area contributed by atoms with Gasteiger partial charge in [-0.3, -0.25) is 13.6 Å². The molecule has 0 saturated carbocycles. The van der Waals surface area contributed by atoms with Gasteiger partial charge in [0.05, 0.1) is 12.9 Å². The Morgan fingerprint density at radius 2 is 1.85 bits per heavy atom. The molecule has 0 aromatic carbocycles. The highest BCUT2D eigenvalue weighted by Gasteiger charge is 2.47. The van der Waals surface area contributed by atoms with Crippen LogP contribution in [0.2, 0.25) is 0 Å². The Balaban J connectivity index is 1.71. The fourth-order valence-corrected chi connectivity index (χ4v) is 7.29. The van der Waals surface area contributed by atoms with Crippen LogP contribution in [0.3, 0.4) is 0 Å². The standard InChI is InChI=1S/C17H31N6O13P3S/c1-32-39(31,36-38(29,30)35-37(26,27)28)33-8-10-12(24)13(25)16(34-10)23-9-20-11-14(23)21-17(22-15(11)40)19-7-5-3-2-4-6-18/h9-10,12-13,16,24-25H,2-8,18H2,1H3,(H,29,30)(H2,26,27,28)(H2,19,21,22,40)/t10-,12?,13+,16-,39?/m1/s1. The molecule has 0 bridgehead atoms. The lowest BCUT2D eigenvalue weighted by molar-refractivity contribution is -0.0508. The largest absolute Gasteiger partial charge is 0.490 e. The third kappa shape index (κ3) is 8.91. The summed E-state index contributed by atoms with van der Waals surface area (Å²) < 4.78 is 59.4. The van der Waals surface area contributed by atoms with Crippen molar-refractivity contribution in [3.8, 4) is 0 Å². The second-order valence-corrected chi connectivity index (χ2v) is 13.6. The smallest absolute Gasteiger partial charge is 0.387 e. The van der Waals surface area contributed by atoms with Gasteiger partial charge in [-0.1, -0.05) is 25.1 Å². The molecule has 228 valence electrons. The Morgan fingerprint density at radius 3 is 2.50 bits per heavy atom. The summed E-state index contributed by atoms with van der Waals surface area (Å²) in [6.45, 7) is 0.416. The lowest BCUT2D eigenvalue weighted by atomic mass is 10.1. The number of imidazole rings is 1. The van der Waals surface area contributed by atoms with E-state index in [1.165, 1.54) is 10.9 Å². The number of nitrogens with one attached hydrogen (secondary N) is 2. The number of phosphoric ester groups is 1. The van der Waals surface area contributed by atoms with Gasteiger partial charge in [0.2, 0.25) is 5.95 Å². The Labute approximate surface area is 232 Å². The van der Waals surface area contributed by atoms with Crippen molar-refractivity contribution in [2.75, 3.05) is 32.1 Å². The second kappa shape index (κ2) is 13.9. The first-order valence-electron chi connectivity index (χ1n) is 11.7. The van der Waals surface area contributed by atoms with Gasteiger partial charge in [-0.15, -0.1) is 0 Å². The predicted octanol–water partition coefficient (Wildman–Crippen LogP) is 1.04. The zero-order valence-electron chi connectivity index (χ0n) is 21.0. The van der Waals surface area contributed by atoms with Gasteiger partial charge in [-0.2, -0.15) is 8.62 Å². The molecule has 0 aliphatic carbocycles. The highest BCUT2D eigenvalue weighted by Crippen LogP contribution is 2.68. The van der Waals surface area contributed by atoms with Gasteiger partial charge in [0.25, 0.3) is 0 Å². The number of H-pyrrole nitrogens is 1. The minimum Gasteiger partial charge on any atom is -0.387 e. The highest BCUT2D eigenvalue weighted by atomic mass is 32.1. The van der Waals surface area contributed by atoms with E-state index in [1.807, 2.05) is 0 Å². The number of aromatic amines is 1. The summed E-state index contributed by atoms with van der Waals surface area (Å²) in [5.74, 6) is 0.343. The van der Waals surface area contributed by atoms with E-state index in [2.05, 4.69) is 33.4 Å². The van der Waals surface area contributed by atoms with Crippen LogP contribution in [0, 0.1) is 4.64 Å². The number of phosphoric acid groups is 3. The minimum absolute atomic E-state index is 0.162. The minimum atomic E-state index is -5.62. The van der Waals surface area contributed by atoms with E-state index < -0.39 is 54.6 Å². The normalized spacial score (nSPS) is 24.7. The second-order valence-electron chi connectivity index (χ2n) is 8.46. The molecule has 9 N–H and O–H groups in total. The number of ether oxygens (including phenoxy) is 1. The molecule has 3 rings (SSSR count). The summed E-state index contributed by atoms with van der Waals surface area (Å²) in [6.07, 6.45) is -0.756. The molecule has 3 unspecified atom stereocenters. The zero-order valence-corrected chi connectivity index (χ0v) is 24.5. The molecule has 0 amide bonds. The first-order valence-corrected chi connectivity index (χ1v) is 16.6. The monoisotopic (exact) mass is 652 g/mol. The van der Waals surface area contributed by atoms with Crippen molar-refractivity contribution in [3.05, 3.63) is 11.0 Å². The molecule has 1 saturated heterocycles. The Kier molecular flexibility index (Phi) is 11.5. The maximum atomic E-state index is 12.6. The Hall–Kier alpha value is -1.18. The Morgan fingerprint density at radius 1 is 1.15 bits per heavy atom. The van der Waals surface area contributed by atoms with Crippen LogP contribution in [0.5, 0.6) is 0 Å². The number of aromatic nitrogens is 4. The first kappa shape index (κ1) is 33.3. The number of aliphatic hydroxyl groups excluding tert-OH is 2. The third-order valence-electron chi connectivity index (χ3n) is 5.51. The van der Waals surface area contributed by atoms with Gasteiger partial charge < -0.3 is 45.7 Å². The maximum absolute atomic E-state index is 12.6. The van der Waals surface area contributed by atoms with E-state index in [0.717, 1.165) is 32.8 Å². The van der Waals surface area contributed by atoms with E-state index in [9.17, 15) is 28.8 Å². The Bertz CT molecular complexity index is 1350. The van der Waals surface area contributed by atoms with Crippen LogP contribution in [0.4, 0.5) is 5.95 Å². The van der Waals surface area contributed by atoms with Crippen molar-refractivity contribution >= 4 is 52.8 Å². The van der Waals surface area contributed by atoms with Gasteiger partial charge in [-0.05, 0) is 19.4 Å². The van der Waals surface area contributed by atoms with Crippen molar-refractivity contribution < 1.29 is 61.0 Å². The SMILES string of the molecule is COP(=O)(OC[C@H]1O[C@@H](n2cnc3c(=S)nc(NCCCCCCN)[nH]c32)[C@@H](O)C1O)OP(=O)(O)OP(=O)(O)O. The van der Waals surface area contributed by atoms with Crippen LogP contribution < -0.4 is 11.1 Å².